The molecule has 4 saturated heterocycles. The standard InChI is InChI=1S/C24H29FN4O4.C19H23FN4O2.2O2S/c1-14-4-5-20(19(25)8-14)28-21-15(2)22(27-13-26-21)32-18-9-16-11-31-12-17(10-18)29(16)23(30)33-24(3)6-7-24;1-11-3-4-17(16(20)5-11)24-18-12(2)19(22-10-21-18)26-15-6-13-8-25-9-14(7-15)23-13;2*1-3-2/h4-5,8,13,16-18H,6-7,9-12H2,1-3H3,(H,26,27,28);3-5,10,13-15,23H,6-9H2,1-2H3,(H,21,22,24);;. The molecular formula is C43H52F2N8O10S2. The molecule has 2 aromatic heterocycles. The van der Waals surface area contributed by atoms with Gasteiger partial charge in [0, 0.05) is 37.8 Å². The summed E-state index contributed by atoms with van der Waals surface area (Å²) in [4.78, 5) is 31.8. The van der Waals surface area contributed by atoms with E-state index >= 15 is 0 Å². The number of hydrogen-bond donors (Lipinski definition) is 3. The Balaban J connectivity index is 0.000000196. The lowest BCUT2D eigenvalue weighted by atomic mass is 9.92. The monoisotopic (exact) mass is 942 g/mol. The zero-order valence-corrected chi connectivity index (χ0v) is 38.2. The zero-order valence-electron chi connectivity index (χ0n) is 36.5. The Morgan fingerprint density at radius 3 is 1.57 bits per heavy atom. The van der Waals surface area contributed by atoms with Crippen molar-refractivity contribution >= 4 is 52.2 Å². The molecule has 0 spiro atoms. The summed E-state index contributed by atoms with van der Waals surface area (Å²) in [6.07, 6.45) is 7.42. The summed E-state index contributed by atoms with van der Waals surface area (Å²) in [5, 5.41) is 9.63. The van der Waals surface area contributed by atoms with Crippen molar-refractivity contribution in [2.45, 2.75) is 115 Å². The van der Waals surface area contributed by atoms with Crippen LogP contribution in [0.25, 0.3) is 0 Å². The van der Waals surface area contributed by atoms with Crippen LogP contribution in [0.15, 0.2) is 49.1 Å². The van der Waals surface area contributed by atoms with Gasteiger partial charge in [0.2, 0.25) is 11.8 Å². The number of carbonyl (C=O) groups excluding carboxylic acids is 1. The third kappa shape index (κ3) is 13.3. The number of aryl methyl sites for hydroxylation is 2. The maximum atomic E-state index is 14.3. The molecule has 0 radical (unpaired) electrons. The Hall–Kier alpha value is -5.55. The van der Waals surface area contributed by atoms with Crippen LogP contribution in [0.5, 0.6) is 11.8 Å². The van der Waals surface area contributed by atoms with Gasteiger partial charge in [0.05, 0.1) is 61.0 Å². The molecule has 1 aliphatic carbocycles. The van der Waals surface area contributed by atoms with Crippen LogP contribution in [-0.4, -0.2) is 116 Å². The molecule has 4 bridgehead atoms. The molecule has 9 rings (SSSR count). The first-order chi connectivity index (χ1) is 31.2. The molecule has 5 aliphatic rings. The van der Waals surface area contributed by atoms with E-state index in [2.05, 4.69) is 35.9 Å². The first kappa shape index (κ1) is 48.9. The predicted octanol–water partition coefficient (Wildman–Crippen LogP) is 5.81. The molecule has 4 unspecified atom stereocenters. The molecule has 4 atom stereocenters. The Kier molecular flexibility index (Phi) is 17.0. The molecule has 18 nitrogen and oxygen atoms in total. The average molecular weight is 943 g/mol. The maximum absolute atomic E-state index is 14.3. The molecule has 1 saturated carbocycles. The third-order valence-electron chi connectivity index (χ3n) is 11.6. The SMILES string of the molecule is Cc1ccc(Nc2ncnc(OC3CC4COCC(C3)N4)c2C)c(F)c1.Cc1ccc(Nc2ncnc(OC3CC4COCC(C3)N4C(=O)OC3(C)CC3)c2C)c(F)c1.O=S=O.O=S=O. The largest absolute Gasteiger partial charge is 0.474 e. The second-order valence-electron chi connectivity index (χ2n) is 16.7. The van der Waals surface area contributed by atoms with Gasteiger partial charge in [0.1, 0.15) is 53.7 Å². The molecule has 4 aromatic rings. The fraction of sp³-hybridized carbons (Fsp3) is 0.512. The van der Waals surface area contributed by atoms with E-state index in [4.69, 9.17) is 40.5 Å². The Labute approximate surface area is 382 Å². The minimum absolute atomic E-state index is 0.0905. The van der Waals surface area contributed by atoms with Gasteiger partial charge >= 0.3 is 29.2 Å². The number of nitrogens with zero attached hydrogens (tertiary/aromatic N) is 5. The second kappa shape index (κ2) is 22.6. The van der Waals surface area contributed by atoms with Gasteiger partial charge in [-0.1, -0.05) is 12.1 Å². The van der Waals surface area contributed by atoms with E-state index in [-0.39, 0.29) is 47.6 Å². The first-order valence-electron chi connectivity index (χ1n) is 21.0. The minimum Gasteiger partial charge on any atom is -0.474 e. The summed E-state index contributed by atoms with van der Waals surface area (Å²) in [6, 6.07) is 10.5. The van der Waals surface area contributed by atoms with E-state index in [1.807, 2.05) is 51.7 Å². The van der Waals surface area contributed by atoms with E-state index in [0.29, 0.717) is 78.5 Å². The lowest BCUT2D eigenvalue weighted by molar-refractivity contribution is -0.0956. The molecule has 5 fully saturated rings. The Morgan fingerprint density at radius 1 is 0.708 bits per heavy atom. The number of amides is 1. The molecule has 1 amide bonds. The first-order valence-corrected chi connectivity index (χ1v) is 22.4. The van der Waals surface area contributed by atoms with Crippen LogP contribution < -0.4 is 25.4 Å². The van der Waals surface area contributed by atoms with Crippen molar-refractivity contribution < 1.29 is 54.1 Å². The van der Waals surface area contributed by atoms with Crippen molar-refractivity contribution in [3.63, 3.8) is 0 Å². The Morgan fingerprint density at radius 2 is 1.14 bits per heavy atom. The number of hydrogen-bond acceptors (Lipinski definition) is 17. The lowest BCUT2D eigenvalue weighted by Gasteiger charge is -2.47. The second-order valence-corrected chi connectivity index (χ2v) is 17.0. The van der Waals surface area contributed by atoms with E-state index in [9.17, 15) is 13.6 Å². The van der Waals surface area contributed by atoms with Gasteiger partial charge in [0.15, 0.2) is 0 Å². The molecule has 6 heterocycles. The highest BCUT2D eigenvalue weighted by Gasteiger charge is 2.48. The van der Waals surface area contributed by atoms with Crippen LogP contribution in [0.4, 0.5) is 36.6 Å². The highest BCUT2D eigenvalue weighted by molar-refractivity contribution is 7.51. The van der Waals surface area contributed by atoms with E-state index in [0.717, 1.165) is 55.6 Å². The van der Waals surface area contributed by atoms with Gasteiger partial charge in [-0.15, -0.1) is 0 Å². The number of aromatic nitrogens is 4. The van der Waals surface area contributed by atoms with Crippen LogP contribution in [-0.2, 0) is 37.4 Å². The molecule has 3 N–H and O–H groups in total. The van der Waals surface area contributed by atoms with Gasteiger partial charge in [-0.25, -0.2) is 33.5 Å². The third-order valence-corrected chi connectivity index (χ3v) is 11.6. The number of carbonyl (C=O) groups is 1. The number of nitrogens with one attached hydrogen (secondary N) is 3. The van der Waals surface area contributed by atoms with Gasteiger partial charge < -0.3 is 39.6 Å². The average Bonchev–Trinajstić information content (AvgIpc) is 3.98. The quantitative estimate of drug-likeness (QED) is 0.180. The smallest absolute Gasteiger partial charge is 0.410 e. The van der Waals surface area contributed by atoms with Gasteiger partial charge in [-0.2, -0.15) is 16.8 Å². The molecule has 22 heteroatoms. The summed E-state index contributed by atoms with van der Waals surface area (Å²) in [5.74, 6) is 1.38. The van der Waals surface area contributed by atoms with E-state index in [1.165, 1.54) is 24.8 Å². The molecule has 4 aliphatic heterocycles. The van der Waals surface area contributed by atoms with Crippen molar-refractivity contribution in [3.05, 3.63) is 82.9 Å². The minimum atomic E-state index is -0.750. The highest BCUT2D eigenvalue weighted by Crippen LogP contribution is 2.41. The number of morpholine rings is 2. The summed E-state index contributed by atoms with van der Waals surface area (Å²) in [6.45, 7) is 11.8. The van der Waals surface area contributed by atoms with Crippen LogP contribution in [0.2, 0.25) is 0 Å². The number of fused-ring (bicyclic) bond motifs is 4. The van der Waals surface area contributed by atoms with Gasteiger partial charge in [0.25, 0.3) is 0 Å². The fourth-order valence-corrected chi connectivity index (χ4v) is 8.05. The lowest BCUT2D eigenvalue weighted by Crippen LogP contribution is -2.61. The van der Waals surface area contributed by atoms with Crippen molar-refractivity contribution in [2.75, 3.05) is 37.1 Å². The van der Waals surface area contributed by atoms with Crippen LogP contribution in [0.3, 0.4) is 0 Å². The van der Waals surface area contributed by atoms with Crippen LogP contribution in [0, 0.1) is 39.3 Å². The summed E-state index contributed by atoms with van der Waals surface area (Å²) < 4.78 is 91.0. The van der Waals surface area contributed by atoms with Crippen molar-refractivity contribution in [3.8, 4) is 11.8 Å². The molecule has 350 valence electrons. The Bertz CT molecular complexity index is 2340. The summed E-state index contributed by atoms with van der Waals surface area (Å²) in [5.41, 5.74) is 3.61. The van der Waals surface area contributed by atoms with Gasteiger partial charge in [-0.05, 0) is 82.9 Å². The zero-order chi connectivity index (χ0) is 46.7. The summed E-state index contributed by atoms with van der Waals surface area (Å²) in [7, 11) is 0. The van der Waals surface area contributed by atoms with E-state index < -0.39 is 23.1 Å². The molecule has 65 heavy (non-hydrogen) atoms. The number of halogens is 2. The molecular weight excluding hydrogens is 891 g/mol. The van der Waals surface area contributed by atoms with Crippen molar-refractivity contribution in [1.29, 1.82) is 0 Å². The summed E-state index contributed by atoms with van der Waals surface area (Å²) >= 11 is -1.50. The number of benzene rings is 2. The van der Waals surface area contributed by atoms with Crippen LogP contribution in [0.1, 0.15) is 67.7 Å². The molecule has 2 aromatic carbocycles. The fourth-order valence-electron chi connectivity index (χ4n) is 8.05. The number of anilines is 4. The normalized spacial score (nSPS) is 23.2. The van der Waals surface area contributed by atoms with Gasteiger partial charge in [-0.3, -0.25) is 4.90 Å². The van der Waals surface area contributed by atoms with Crippen molar-refractivity contribution in [2.24, 2.45) is 0 Å². The number of piperidine rings is 2. The van der Waals surface area contributed by atoms with Crippen LogP contribution >= 0.6 is 0 Å². The van der Waals surface area contributed by atoms with Crippen molar-refractivity contribution in [1.82, 2.24) is 30.2 Å². The number of ether oxygens (including phenoxy) is 5. The number of rotatable bonds is 9. The topological polar surface area (TPSA) is 222 Å². The predicted molar refractivity (Wildman–Crippen MR) is 233 cm³/mol. The maximum Gasteiger partial charge on any atom is 0.410 e. The highest BCUT2D eigenvalue weighted by atomic mass is 32.1. The van der Waals surface area contributed by atoms with E-state index in [1.54, 1.807) is 12.1 Å².